The quantitative estimate of drug-likeness (QED) is 0.904. The van der Waals surface area contributed by atoms with Gasteiger partial charge in [-0.3, -0.25) is 4.68 Å². The van der Waals surface area contributed by atoms with Crippen LogP contribution in [0.1, 0.15) is 25.1 Å². The SMILES string of the molecule is CCNCc1ccc(-c2cnn(CC)c2C)c(Cl)c1. The first kappa shape index (κ1) is 14.1. The van der Waals surface area contributed by atoms with E-state index in [-0.39, 0.29) is 0 Å². The third kappa shape index (κ3) is 2.99. The fourth-order valence-electron chi connectivity index (χ4n) is 2.19. The molecule has 0 amide bonds. The molecule has 0 aliphatic rings. The topological polar surface area (TPSA) is 29.9 Å². The zero-order valence-corrected chi connectivity index (χ0v) is 12.5. The van der Waals surface area contributed by atoms with Gasteiger partial charge in [-0.1, -0.05) is 30.7 Å². The molecule has 0 bridgehead atoms. The summed E-state index contributed by atoms with van der Waals surface area (Å²) < 4.78 is 1.98. The van der Waals surface area contributed by atoms with Crippen LogP contribution < -0.4 is 5.32 Å². The lowest BCUT2D eigenvalue weighted by Gasteiger charge is -2.08. The van der Waals surface area contributed by atoms with E-state index in [1.807, 2.05) is 16.9 Å². The van der Waals surface area contributed by atoms with E-state index in [4.69, 9.17) is 11.6 Å². The van der Waals surface area contributed by atoms with Gasteiger partial charge in [0, 0.05) is 34.9 Å². The second-order valence-electron chi connectivity index (χ2n) is 4.55. The van der Waals surface area contributed by atoms with Crippen molar-refractivity contribution in [1.29, 1.82) is 0 Å². The van der Waals surface area contributed by atoms with Crippen LogP contribution in [0.25, 0.3) is 11.1 Å². The number of nitrogens with one attached hydrogen (secondary N) is 1. The van der Waals surface area contributed by atoms with Crippen LogP contribution >= 0.6 is 11.6 Å². The van der Waals surface area contributed by atoms with Crippen LogP contribution in [-0.4, -0.2) is 16.3 Å². The van der Waals surface area contributed by atoms with Gasteiger partial charge < -0.3 is 5.32 Å². The van der Waals surface area contributed by atoms with Crippen molar-refractivity contribution in [3.8, 4) is 11.1 Å². The molecule has 4 heteroatoms. The van der Waals surface area contributed by atoms with Gasteiger partial charge in [0.05, 0.1) is 6.20 Å². The Morgan fingerprint density at radius 3 is 2.63 bits per heavy atom. The largest absolute Gasteiger partial charge is 0.313 e. The molecule has 1 aromatic carbocycles. The minimum Gasteiger partial charge on any atom is -0.313 e. The van der Waals surface area contributed by atoms with Crippen LogP contribution in [0.2, 0.25) is 5.02 Å². The average Bonchev–Trinajstić information content (AvgIpc) is 2.77. The Morgan fingerprint density at radius 2 is 2.05 bits per heavy atom. The summed E-state index contributed by atoms with van der Waals surface area (Å²) in [6.07, 6.45) is 1.89. The predicted octanol–water partition coefficient (Wildman–Crippen LogP) is 3.64. The van der Waals surface area contributed by atoms with Crippen molar-refractivity contribution < 1.29 is 0 Å². The van der Waals surface area contributed by atoms with Crippen molar-refractivity contribution in [1.82, 2.24) is 15.1 Å². The molecular weight excluding hydrogens is 258 g/mol. The van der Waals surface area contributed by atoms with Gasteiger partial charge in [0.2, 0.25) is 0 Å². The zero-order chi connectivity index (χ0) is 13.8. The van der Waals surface area contributed by atoms with Gasteiger partial charge in [-0.15, -0.1) is 0 Å². The second kappa shape index (κ2) is 6.22. The number of nitrogens with zero attached hydrogens (tertiary/aromatic N) is 2. The number of aromatic nitrogens is 2. The lowest BCUT2D eigenvalue weighted by Crippen LogP contribution is -2.11. The van der Waals surface area contributed by atoms with E-state index >= 15 is 0 Å². The molecule has 3 nitrogen and oxygen atoms in total. The highest BCUT2D eigenvalue weighted by Crippen LogP contribution is 2.30. The molecule has 2 aromatic rings. The molecule has 0 unspecified atom stereocenters. The Bertz CT molecular complexity index is 561. The lowest BCUT2D eigenvalue weighted by molar-refractivity contribution is 0.640. The molecule has 0 fully saturated rings. The maximum atomic E-state index is 6.40. The first-order valence-electron chi connectivity index (χ1n) is 6.69. The number of halogens is 1. The number of rotatable bonds is 5. The molecule has 1 heterocycles. The monoisotopic (exact) mass is 277 g/mol. The third-order valence-electron chi connectivity index (χ3n) is 3.31. The van der Waals surface area contributed by atoms with Gasteiger partial charge in [0.1, 0.15) is 0 Å². The Balaban J connectivity index is 2.32. The van der Waals surface area contributed by atoms with Gasteiger partial charge in [-0.05, 0) is 32.0 Å². The summed E-state index contributed by atoms with van der Waals surface area (Å²) in [5.41, 5.74) is 4.53. The second-order valence-corrected chi connectivity index (χ2v) is 4.96. The van der Waals surface area contributed by atoms with Crippen LogP contribution in [0.5, 0.6) is 0 Å². The fraction of sp³-hybridized carbons (Fsp3) is 0.400. The smallest absolute Gasteiger partial charge is 0.0571 e. The summed E-state index contributed by atoms with van der Waals surface area (Å²) in [5, 5.41) is 8.46. The van der Waals surface area contributed by atoms with E-state index in [1.165, 1.54) is 5.56 Å². The predicted molar refractivity (Wildman–Crippen MR) is 80.5 cm³/mol. The molecule has 0 saturated heterocycles. The molecule has 102 valence electrons. The summed E-state index contributed by atoms with van der Waals surface area (Å²) in [5.74, 6) is 0. The normalized spacial score (nSPS) is 10.9. The van der Waals surface area contributed by atoms with E-state index in [0.29, 0.717) is 0 Å². The zero-order valence-electron chi connectivity index (χ0n) is 11.7. The van der Waals surface area contributed by atoms with Crippen molar-refractivity contribution in [3.05, 3.63) is 40.7 Å². The van der Waals surface area contributed by atoms with Gasteiger partial charge in [0.15, 0.2) is 0 Å². The van der Waals surface area contributed by atoms with Gasteiger partial charge in [-0.2, -0.15) is 5.10 Å². The van der Waals surface area contributed by atoms with E-state index in [9.17, 15) is 0 Å². The summed E-state index contributed by atoms with van der Waals surface area (Å²) >= 11 is 6.40. The standard InChI is InChI=1S/C15H20ClN3/c1-4-17-9-12-6-7-13(15(16)8-12)14-10-18-19(5-2)11(14)3/h6-8,10,17H,4-5,9H2,1-3H3. The van der Waals surface area contributed by atoms with Crippen LogP contribution in [0.15, 0.2) is 24.4 Å². The van der Waals surface area contributed by atoms with E-state index in [1.54, 1.807) is 0 Å². The van der Waals surface area contributed by atoms with Crippen molar-refractivity contribution >= 4 is 11.6 Å². The van der Waals surface area contributed by atoms with Crippen molar-refractivity contribution in [2.45, 2.75) is 33.9 Å². The summed E-state index contributed by atoms with van der Waals surface area (Å²) in [6.45, 7) is 8.95. The Labute approximate surface area is 119 Å². The van der Waals surface area contributed by atoms with Crippen LogP contribution in [0.4, 0.5) is 0 Å². The van der Waals surface area contributed by atoms with Crippen LogP contribution in [0, 0.1) is 6.92 Å². The van der Waals surface area contributed by atoms with Crippen molar-refractivity contribution in [3.63, 3.8) is 0 Å². The maximum absolute atomic E-state index is 6.40. The molecule has 1 N–H and O–H groups in total. The maximum Gasteiger partial charge on any atom is 0.0571 e. The lowest BCUT2D eigenvalue weighted by atomic mass is 10.0. The van der Waals surface area contributed by atoms with Gasteiger partial charge in [0.25, 0.3) is 0 Å². The molecule has 0 spiro atoms. The minimum absolute atomic E-state index is 0.786. The molecule has 19 heavy (non-hydrogen) atoms. The highest BCUT2D eigenvalue weighted by atomic mass is 35.5. The summed E-state index contributed by atoms with van der Waals surface area (Å²) in [4.78, 5) is 0. The number of hydrogen-bond donors (Lipinski definition) is 1. The third-order valence-corrected chi connectivity index (χ3v) is 3.62. The molecule has 1 aromatic heterocycles. The molecular formula is C15H20ClN3. The van der Waals surface area contributed by atoms with Crippen molar-refractivity contribution in [2.24, 2.45) is 0 Å². The van der Waals surface area contributed by atoms with Crippen LogP contribution in [0.3, 0.4) is 0 Å². The first-order chi connectivity index (χ1) is 9.17. The molecule has 0 saturated carbocycles. The average molecular weight is 278 g/mol. The number of benzene rings is 1. The number of hydrogen-bond acceptors (Lipinski definition) is 2. The van der Waals surface area contributed by atoms with Crippen molar-refractivity contribution in [2.75, 3.05) is 6.54 Å². The van der Waals surface area contributed by atoms with Gasteiger partial charge >= 0.3 is 0 Å². The Morgan fingerprint density at radius 1 is 1.26 bits per heavy atom. The molecule has 0 radical (unpaired) electrons. The highest BCUT2D eigenvalue weighted by Gasteiger charge is 2.11. The van der Waals surface area contributed by atoms with E-state index in [2.05, 4.69) is 43.3 Å². The Hall–Kier alpha value is -1.32. The molecule has 0 aliphatic heterocycles. The summed E-state index contributed by atoms with van der Waals surface area (Å²) in [7, 11) is 0. The molecule has 0 atom stereocenters. The fourth-order valence-corrected chi connectivity index (χ4v) is 2.49. The molecule has 2 rings (SSSR count). The van der Waals surface area contributed by atoms with Gasteiger partial charge in [-0.25, -0.2) is 0 Å². The van der Waals surface area contributed by atoms with Crippen LogP contribution in [-0.2, 0) is 13.1 Å². The molecule has 0 aliphatic carbocycles. The minimum atomic E-state index is 0.786. The Kier molecular flexibility index (Phi) is 4.61. The highest BCUT2D eigenvalue weighted by molar-refractivity contribution is 6.33. The number of aryl methyl sites for hydroxylation is 1. The van der Waals surface area contributed by atoms with E-state index in [0.717, 1.165) is 41.5 Å². The summed E-state index contributed by atoms with van der Waals surface area (Å²) in [6, 6.07) is 6.23. The first-order valence-corrected chi connectivity index (χ1v) is 7.07. The van der Waals surface area contributed by atoms with E-state index < -0.39 is 0 Å².